The smallest absolute Gasteiger partial charge is 0.306 e. The maximum absolute atomic E-state index is 11.1. The van der Waals surface area contributed by atoms with Crippen molar-refractivity contribution in [2.45, 2.75) is 39.3 Å². The number of nitrogens with one attached hydrogen (secondary N) is 1. The largest absolute Gasteiger partial charge is 0.481 e. The zero-order chi connectivity index (χ0) is 11.3. The molecule has 0 aliphatic carbocycles. The summed E-state index contributed by atoms with van der Waals surface area (Å²) in [6.45, 7) is 4.96. The van der Waals surface area contributed by atoms with Gasteiger partial charge in [0, 0.05) is 6.04 Å². The molecule has 0 aliphatic rings. The first-order valence-corrected chi connectivity index (χ1v) is 4.63. The summed E-state index contributed by atoms with van der Waals surface area (Å²) in [6, 6.07) is -0.725. The molecule has 0 saturated heterocycles. The van der Waals surface area contributed by atoms with Crippen molar-refractivity contribution < 1.29 is 14.7 Å². The molecule has 5 heteroatoms. The Kier molecular flexibility index (Phi) is 5.15. The topological polar surface area (TPSA) is 92.4 Å². The predicted molar refractivity (Wildman–Crippen MR) is 52.7 cm³/mol. The zero-order valence-corrected chi connectivity index (χ0v) is 8.78. The van der Waals surface area contributed by atoms with E-state index in [0.29, 0.717) is 6.42 Å². The van der Waals surface area contributed by atoms with E-state index in [9.17, 15) is 9.59 Å². The number of carbonyl (C=O) groups excluding carboxylic acids is 1. The summed E-state index contributed by atoms with van der Waals surface area (Å²) < 4.78 is 0. The molecule has 0 aromatic heterocycles. The molecule has 0 spiro atoms. The first-order chi connectivity index (χ1) is 6.34. The molecule has 0 rings (SSSR count). The van der Waals surface area contributed by atoms with Crippen LogP contribution in [0.4, 0.5) is 0 Å². The van der Waals surface area contributed by atoms with Crippen LogP contribution < -0.4 is 11.1 Å². The maximum Gasteiger partial charge on any atom is 0.306 e. The molecule has 4 N–H and O–H groups in total. The summed E-state index contributed by atoms with van der Waals surface area (Å²) in [5, 5.41) is 11.3. The summed E-state index contributed by atoms with van der Waals surface area (Å²) in [6.07, 6.45) is 0.411. The fourth-order valence-corrected chi connectivity index (χ4v) is 1.06. The zero-order valence-electron chi connectivity index (χ0n) is 8.78. The molecule has 0 aliphatic heterocycles. The first-order valence-electron chi connectivity index (χ1n) is 4.63. The van der Waals surface area contributed by atoms with Crippen molar-refractivity contribution in [3.05, 3.63) is 0 Å². The van der Waals surface area contributed by atoms with Gasteiger partial charge in [0.25, 0.3) is 0 Å². The SMILES string of the molecule is CC(C[C@@H](C)NC(=O)[C@@H](C)N)C(=O)O. The quantitative estimate of drug-likeness (QED) is 0.582. The standard InChI is InChI=1S/C9H18N2O3/c1-5(9(13)14)4-6(2)11-8(12)7(3)10/h5-7H,4,10H2,1-3H3,(H,11,12)(H,13,14)/t5?,6-,7-/m1/s1. The molecule has 0 radical (unpaired) electrons. The lowest BCUT2D eigenvalue weighted by Crippen LogP contribution is -2.43. The fraction of sp³-hybridized carbons (Fsp3) is 0.778. The van der Waals surface area contributed by atoms with Gasteiger partial charge in [-0.25, -0.2) is 0 Å². The Hall–Kier alpha value is -1.10. The lowest BCUT2D eigenvalue weighted by molar-refractivity contribution is -0.141. The van der Waals surface area contributed by atoms with Gasteiger partial charge < -0.3 is 16.2 Å². The van der Waals surface area contributed by atoms with Crippen molar-refractivity contribution in [2.24, 2.45) is 11.7 Å². The van der Waals surface area contributed by atoms with E-state index in [1.165, 1.54) is 0 Å². The maximum atomic E-state index is 11.1. The molecule has 0 bridgehead atoms. The molecule has 0 saturated carbocycles. The Balaban J connectivity index is 3.92. The van der Waals surface area contributed by atoms with Gasteiger partial charge in [0.1, 0.15) is 0 Å². The van der Waals surface area contributed by atoms with Crippen molar-refractivity contribution in [2.75, 3.05) is 0 Å². The summed E-state index contributed by atoms with van der Waals surface area (Å²) in [5.74, 6) is -1.57. The van der Waals surface area contributed by atoms with Crippen LogP contribution in [0.1, 0.15) is 27.2 Å². The van der Waals surface area contributed by atoms with Crippen LogP contribution in [0.3, 0.4) is 0 Å². The lowest BCUT2D eigenvalue weighted by atomic mass is 10.0. The van der Waals surface area contributed by atoms with Gasteiger partial charge in [-0.05, 0) is 20.3 Å². The molecular formula is C9H18N2O3. The Morgan fingerprint density at radius 3 is 2.21 bits per heavy atom. The number of rotatable bonds is 5. The Bertz CT molecular complexity index is 216. The Morgan fingerprint density at radius 1 is 1.36 bits per heavy atom. The summed E-state index contributed by atoms with van der Waals surface area (Å²) in [5.41, 5.74) is 5.35. The highest BCUT2D eigenvalue weighted by Gasteiger charge is 2.17. The molecule has 1 unspecified atom stereocenters. The monoisotopic (exact) mass is 202 g/mol. The van der Waals surface area contributed by atoms with E-state index in [1.54, 1.807) is 20.8 Å². The summed E-state index contributed by atoms with van der Waals surface area (Å²) in [7, 11) is 0. The van der Waals surface area contributed by atoms with Crippen LogP contribution in [0.25, 0.3) is 0 Å². The van der Waals surface area contributed by atoms with E-state index in [0.717, 1.165) is 0 Å². The second kappa shape index (κ2) is 5.59. The Morgan fingerprint density at radius 2 is 1.86 bits per heavy atom. The number of nitrogens with two attached hydrogens (primary N) is 1. The van der Waals surface area contributed by atoms with Crippen molar-refractivity contribution in [3.8, 4) is 0 Å². The van der Waals surface area contributed by atoms with Gasteiger partial charge in [0.2, 0.25) is 5.91 Å². The number of carbonyl (C=O) groups is 2. The molecule has 0 heterocycles. The second-order valence-electron chi connectivity index (χ2n) is 3.67. The van der Waals surface area contributed by atoms with Crippen LogP contribution in [0.5, 0.6) is 0 Å². The number of amides is 1. The minimum Gasteiger partial charge on any atom is -0.481 e. The molecule has 82 valence electrons. The number of carboxylic acids is 1. The van der Waals surface area contributed by atoms with Crippen molar-refractivity contribution in [3.63, 3.8) is 0 Å². The molecular weight excluding hydrogens is 184 g/mol. The fourth-order valence-electron chi connectivity index (χ4n) is 1.06. The predicted octanol–water partition coefficient (Wildman–Crippen LogP) is -0.0509. The van der Waals surface area contributed by atoms with Gasteiger partial charge in [0.15, 0.2) is 0 Å². The van der Waals surface area contributed by atoms with E-state index in [1.807, 2.05) is 0 Å². The van der Waals surface area contributed by atoms with Crippen molar-refractivity contribution >= 4 is 11.9 Å². The Labute approximate surface area is 83.7 Å². The number of hydrogen-bond acceptors (Lipinski definition) is 3. The third kappa shape index (κ3) is 4.81. The molecule has 14 heavy (non-hydrogen) atoms. The van der Waals surface area contributed by atoms with E-state index < -0.39 is 17.9 Å². The average Bonchev–Trinajstić information content (AvgIpc) is 2.03. The van der Waals surface area contributed by atoms with Crippen molar-refractivity contribution in [1.29, 1.82) is 0 Å². The minimum atomic E-state index is -0.855. The number of carboxylic acid groups (broad SMARTS) is 1. The van der Waals surface area contributed by atoms with Crippen molar-refractivity contribution in [1.82, 2.24) is 5.32 Å². The van der Waals surface area contributed by atoms with Gasteiger partial charge >= 0.3 is 5.97 Å². The molecule has 5 nitrogen and oxygen atoms in total. The summed E-state index contributed by atoms with van der Waals surface area (Å²) in [4.78, 5) is 21.6. The van der Waals surface area contributed by atoms with E-state index >= 15 is 0 Å². The highest BCUT2D eigenvalue weighted by atomic mass is 16.4. The van der Waals surface area contributed by atoms with E-state index in [2.05, 4.69) is 5.32 Å². The van der Waals surface area contributed by atoms with E-state index in [-0.39, 0.29) is 11.9 Å². The number of aliphatic carboxylic acids is 1. The van der Waals surface area contributed by atoms with Crippen LogP contribution in [-0.4, -0.2) is 29.1 Å². The lowest BCUT2D eigenvalue weighted by Gasteiger charge is -2.17. The minimum absolute atomic E-state index is 0.167. The molecule has 1 amide bonds. The average molecular weight is 202 g/mol. The second-order valence-corrected chi connectivity index (χ2v) is 3.67. The molecule has 0 aromatic rings. The van der Waals surface area contributed by atoms with Gasteiger partial charge in [0.05, 0.1) is 12.0 Å². The first kappa shape index (κ1) is 12.9. The third-order valence-electron chi connectivity index (χ3n) is 1.93. The normalized spacial score (nSPS) is 16.9. The summed E-state index contributed by atoms with van der Waals surface area (Å²) >= 11 is 0. The molecule has 3 atom stereocenters. The third-order valence-corrected chi connectivity index (χ3v) is 1.93. The van der Waals surface area contributed by atoms with Gasteiger partial charge in [-0.3, -0.25) is 9.59 Å². The van der Waals surface area contributed by atoms with Crippen LogP contribution in [0.15, 0.2) is 0 Å². The van der Waals surface area contributed by atoms with Crippen LogP contribution in [-0.2, 0) is 9.59 Å². The van der Waals surface area contributed by atoms with Gasteiger partial charge in [-0.1, -0.05) is 6.92 Å². The van der Waals surface area contributed by atoms with Gasteiger partial charge in [-0.15, -0.1) is 0 Å². The van der Waals surface area contributed by atoms with Crippen LogP contribution in [0, 0.1) is 5.92 Å². The highest BCUT2D eigenvalue weighted by Crippen LogP contribution is 2.05. The number of hydrogen-bond donors (Lipinski definition) is 3. The highest BCUT2D eigenvalue weighted by molar-refractivity contribution is 5.81. The van der Waals surface area contributed by atoms with Gasteiger partial charge in [-0.2, -0.15) is 0 Å². The van der Waals surface area contributed by atoms with E-state index in [4.69, 9.17) is 10.8 Å². The van der Waals surface area contributed by atoms with Crippen LogP contribution >= 0.6 is 0 Å². The molecule has 0 fully saturated rings. The molecule has 0 aromatic carbocycles. The van der Waals surface area contributed by atoms with Crippen LogP contribution in [0.2, 0.25) is 0 Å².